The molecule has 0 aromatic carbocycles. The Kier molecular flexibility index (Phi) is 4.20. The van der Waals surface area contributed by atoms with Gasteiger partial charge < -0.3 is 9.84 Å². The number of rotatable bonds is 4. The van der Waals surface area contributed by atoms with E-state index in [2.05, 4.69) is 18.8 Å². The summed E-state index contributed by atoms with van der Waals surface area (Å²) in [6, 6.07) is 5.01. The normalized spacial score (nSPS) is 19.3. The SMILES string of the molecule is CC1(C)CCC(OCc2cccc(C(=O)O)n2)CC1. The zero-order chi connectivity index (χ0) is 13.9. The molecule has 0 radical (unpaired) electrons. The molecule has 1 N–H and O–H groups in total. The molecule has 104 valence electrons. The van der Waals surface area contributed by atoms with Crippen molar-refractivity contribution < 1.29 is 14.6 Å². The van der Waals surface area contributed by atoms with Crippen molar-refractivity contribution in [1.82, 2.24) is 4.98 Å². The van der Waals surface area contributed by atoms with Gasteiger partial charge in [0.15, 0.2) is 0 Å². The maximum atomic E-state index is 10.8. The summed E-state index contributed by atoms with van der Waals surface area (Å²) in [4.78, 5) is 14.9. The molecule has 1 aromatic heterocycles. The van der Waals surface area contributed by atoms with Gasteiger partial charge in [0.05, 0.1) is 18.4 Å². The van der Waals surface area contributed by atoms with E-state index in [9.17, 15) is 4.79 Å². The van der Waals surface area contributed by atoms with Crippen molar-refractivity contribution in [1.29, 1.82) is 0 Å². The van der Waals surface area contributed by atoms with E-state index in [1.54, 1.807) is 12.1 Å². The molecular formula is C15H21NO3. The first-order valence-corrected chi connectivity index (χ1v) is 6.77. The van der Waals surface area contributed by atoms with Crippen LogP contribution in [-0.4, -0.2) is 22.2 Å². The lowest BCUT2D eigenvalue weighted by Crippen LogP contribution is -2.26. The van der Waals surface area contributed by atoms with Gasteiger partial charge in [-0.3, -0.25) is 0 Å². The van der Waals surface area contributed by atoms with Gasteiger partial charge in [-0.25, -0.2) is 9.78 Å². The molecule has 1 saturated carbocycles. The number of carboxylic acid groups (broad SMARTS) is 1. The third-order valence-corrected chi connectivity index (χ3v) is 3.78. The lowest BCUT2D eigenvalue weighted by molar-refractivity contribution is -0.00694. The molecule has 0 atom stereocenters. The maximum absolute atomic E-state index is 10.8. The van der Waals surface area contributed by atoms with E-state index in [0.29, 0.717) is 17.7 Å². The van der Waals surface area contributed by atoms with Crippen LogP contribution in [-0.2, 0) is 11.3 Å². The molecule has 0 bridgehead atoms. The number of nitrogens with zero attached hydrogens (tertiary/aromatic N) is 1. The van der Waals surface area contributed by atoms with Crippen molar-refractivity contribution in [3.63, 3.8) is 0 Å². The first-order chi connectivity index (χ1) is 8.96. The molecule has 1 aromatic rings. The molecule has 1 heterocycles. The van der Waals surface area contributed by atoms with E-state index in [4.69, 9.17) is 9.84 Å². The van der Waals surface area contributed by atoms with Crippen LogP contribution in [0.1, 0.15) is 55.7 Å². The second kappa shape index (κ2) is 5.70. The number of carboxylic acids is 1. The summed E-state index contributed by atoms with van der Waals surface area (Å²) in [5.74, 6) is -0.999. The molecule has 0 spiro atoms. The van der Waals surface area contributed by atoms with E-state index in [-0.39, 0.29) is 11.8 Å². The zero-order valence-corrected chi connectivity index (χ0v) is 11.6. The fourth-order valence-corrected chi connectivity index (χ4v) is 2.42. The summed E-state index contributed by atoms with van der Waals surface area (Å²) in [5.41, 5.74) is 1.19. The summed E-state index contributed by atoms with van der Waals surface area (Å²) in [5, 5.41) is 8.88. The largest absolute Gasteiger partial charge is 0.477 e. The lowest BCUT2D eigenvalue weighted by atomic mass is 9.76. The fourth-order valence-electron chi connectivity index (χ4n) is 2.42. The number of carbonyl (C=O) groups is 1. The minimum absolute atomic E-state index is 0.0749. The minimum Gasteiger partial charge on any atom is -0.477 e. The van der Waals surface area contributed by atoms with Crippen LogP contribution in [0.15, 0.2) is 18.2 Å². The standard InChI is InChI=1S/C15H21NO3/c1-15(2)8-6-12(7-9-15)19-10-11-4-3-5-13(16-11)14(17)18/h3-5,12H,6-10H2,1-2H3,(H,17,18). The third-order valence-electron chi connectivity index (χ3n) is 3.78. The Bertz CT molecular complexity index is 446. The van der Waals surface area contributed by atoms with Crippen LogP contribution in [0, 0.1) is 5.41 Å². The maximum Gasteiger partial charge on any atom is 0.354 e. The second-order valence-corrected chi connectivity index (χ2v) is 5.99. The van der Waals surface area contributed by atoms with Crippen LogP contribution in [0.5, 0.6) is 0 Å². The quantitative estimate of drug-likeness (QED) is 0.905. The van der Waals surface area contributed by atoms with Gasteiger partial charge in [-0.15, -0.1) is 0 Å². The van der Waals surface area contributed by atoms with Gasteiger partial charge >= 0.3 is 5.97 Å². The molecular weight excluding hydrogens is 242 g/mol. The Morgan fingerprint density at radius 2 is 2.11 bits per heavy atom. The van der Waals surface area contributed by atoms with Crippen LogP contribution in [0.4, 0.5) is 0 Å². The Morgan fingerprint density at radius 3 is 2.74 bits per heavy atom. The minimum atomic E-state index is -0.999. The van der Waals surface area contributed by atoms with Gasteiger partial charge in [-0.2, -0.15) is 0 Å². The van der Waals surface area contributed by atoms with Gasteiger partial charge in [0.1, 0.15) is 5.69 Å². The number of aromatic nitrogens is 1. The smallest absolute Gasteiger partial charge is 0.354 e. The van der Waals surface area contributed by atoms with Crippen molar-refractivity contribution in [3.8, 4) is 0 Å². The number of hydrogen-bond donors (Lipinski definition) is 1. The molecule has 4 nitrogen and oxygen atoms in total. The first kappa shape index (κ1) is 14.0. The van der Waals surface area contributed by atoms with Gasteiger partial charge in [0, 0.05) is 0 Å². The third kappa shape index (κ3) is 4.03. The molecule has 19 heavy (non-hydrogen) atoms. The van der Waals surface area contributed by atoms with Crippen LogP contribution >= 0.6 is 0 Å². The van der Waals surface area contributed by atoms with Crippen molar-refractivity contribution in [2.24, 2.45) is 5.41 Å². The Hall–Kier alpha value is -1.42. The Balaban J connectivity index is 1.86. The number of ether oxygens (including phenoxy) is 1. The van der Waals surface area contributed by atoms with Gasteiger partial charge in [0.2, 0.25) is 0 Å². The second-order valence-electron chi connectivity index (χ2n) is 5.99. The molecule has 1 aliphatic rings. The van der Waals surface area contributed by atoms with E-state index in [0.717, 1.165) is 12.8 Å². The predicted molar refractivity (Wildman–Crippen MR) is 72.0 cm³/mol. The van der Waals surface area contributed by atoms with E-state index in [1.165, 1.54) is 18.9 Å². The topological polar surface area (TPSA) is 59.4 Å². The van der Waals surface area contributed by atoms with E-state index < -0.39 is 5.97 Å². The summed E-state index contributed by atoms with van der Waals surface area (Å²) in [6.45, 7) is 4.98. The number of pyridine rings is 1. The zero-order valence-electron chi connectivity index (χ0n) is 11.6. The Labute approximate surface area is 113 Å². The molecule has 0 amide bonds. The molecule has 1 fully saturated rings. The summed E-state index contributed by atoms with van der Waals surface area (Å²) >= 11 is 0. The highest BCUT2D eigenvalue weighted by Gasteiger charge is 2.27. The lowest BCUT2D eigenvalue weighted by Gasteiger charge is -2.34. The first-order valence-electron chi connectivity index (χ1n) is 6.77. The van der Waals surface area contributed by atoms with Crippen molar-refractivity contribution in [2.45, 2.75) is 52.2 Å². The van der Waals surface area contributed by atoms with Crippen molar-refractivity contribution in [2.75, 3.05) is 0 Å². The molecule has 0 saturated heterocycles. The van der Waals surface area contributed by atoms with Crippen molar-refractivity contribution >= 4 is 5.97 Å². The van der Waals surface area contributed by atoms with Gasteiger partial charge in [-0.05, 0) is 43.2 Å². The predicted octanol–water partition coefficient (Wildman–Crippen LogP) is 3.27. The highest BCUT2D eigenvalue weighted by atomic mass is 16.5. The number of hydrogen-bond acceptors (Lipinski definition) is 3. The van der Waals surface area contributed by atoms with Gasteiger partial charge in [-0.1, -0.05) is 19.9 Å². The van der Waals surface area contributed by atoms with Crippen LogP contribution in [0.2, 0.25) is 0 Å². The molecule has 0 unspecified atom stereocenters. The average Bonchev–Trinajstić information content (AvgIpc) is 2.38. The highest BCUT2D eigenvalue weighted by molar-refractivity contribution is 5.85. The van der Waals surface area contributed by atoms with Crippen LogP contribution in [0.25, 0.3) is 0 Å². The highest BCUT2D eigenvalue weighted by Crippen LogP contribution is 2.36. The van der Waals surface area contributed by atoms with Crippen LogP contribution < -0.4 is 0 Å². The van der Waals surface area contributed by atoms with Gasteiger partial charge in [0.25, 0.3) is 0 Å². The molecule has 1 aliphatic carbocycles. The molecule has 2 rings (SSSR count). The van der Waals surface area contributed by atoms with E-state index >= 15 is 0 Å². The average molecular weight is 263 g/mol. The monoisotopic (exact) mass is 263 g/mol. The number of aromatic carboxylic acids is 1. The van der Waals surface area contributed by atoms with Crippen LogP contribution in [0.3, 0.4) is 0 Å². The molecule has 4 heteroatoms. The summed E-state index contributed by atoms with van der Waals surface area (Å²) in [6.07, 6.45) is 4.79. The Morgan fingerprint density at radius 1 is 1.42 bits per heavy atom. The summed E-state index contributed by atoms with van der Waals surface area (Å²) in [7, 11) is 0. The molecule has 0 aliphatic heterocycles. The van der Waals surface area contributed by atoms with E-state index in [1.807, 2.05) is 0 Å². The van der Waals surface area contributed by atoms with Crippen molar-refractivity contribution in [3.05, 3.63) is 29.6 Å². The summed E-state index contributed by atoms with van der Waals surface area (Å²) < 4.78 is 5.84. The fraction of sp³-hybridized carbons (Fsp3) is 0.600.